The number of hydrogen-bond acceptors (Lipinski definition) is 15. The van der Waals surface area contributed by atoms with Gasteiger partial charge < -0.3 is 45.1 Å². The quantitative estimate of drug-likeness (QED) is 0.139. The second-order valence-corrected chi connectivity index (χ2v) is 11.5. The first kappa shape index (κ1) is 27.8. The number of rotatable bonds is 10. The molecule has 40 heavy (non-hydrogen) atoms. The molecule has 0 saturated carbocycles. The van der Waals surface area contributed by atoms with Crippen molar-refractivity contribution in [1.29, 1.82) is 0 Å². The van der Waals surface area contributed by atoms with Crippen LogP contribution in [-0.4, -0.2) is 87.8 Å². The second-order valence-electron chi connectivity index (χ2n) is 8.71. The van der Waals surface area contributed by atoms with Gasteiger partial charge in [0.2, 0.25) is 11.9 Å². The van der Waals surface area contributed by atoms with Gasteiger partial charge in [0.1, 0.15) is 30.1 Å². The summed E-state index contributed by atoms with van der Waals surface area (Å²) in [4.78, 5) is 52.6. The lowest BCUT2D eigenvalue weighted by Gasteiger charge is -2.22. The van der Waals surface area contributed by atoms with Gasteiger partial charge in [-0.05, 0) is 0 Å². The molecule has 0 bridgehead atoms. The van der Waals surface area contributed by atoms with Gasteiger partial charge in [-0.15, -0.1) is 0 Å². The maximum Gasteiger partial charge on any atom is 0.377 e. The first-order valence-electron chi connectivity index (χ1n) is 11.6. The van der Waals surface area contributed by atoms with Crippen LogP contribution in [0.4, 0.5) is 11.9 Å². The van der Waals surface area contributed by atoms with Gasteiger partial charge in [-0.3, -0.25) is 18.9 Å². The summed E-state index contributed by atoms with van der Waals surface area (Å²) in [7, 11) is 0. The Morgan fingerprint density at radius 2 is 1.80 bits per heavy atom. The van der Waals surface area contributed by atoms with E-state index < -0.39 is 36.8 Å². The number of aromatic nitrogens is 7. The number of fused-ring (bicyclic) bond motifs is 1. The van der Waals surface area contributed by atoms with Crippen LogP contribution in [0.25, 0.3) is 11.2 Å². The number of ether oxygens (including phenoxy) is 2. The van der Waals surface area contributed by atoms with Crippen molar-refractivity contribution < 1.29 is 33.6 Å². The lowest BCUT2D eigenvalue weighted by atomic mass is 10.2. The molecule has 8 N–H and O–H groups in total. The number of aliphatic hydroxyl groups excluding tert-OH is 2. The largest absolute Gasteiger partial charge is 0.509 e. The average Bonchev–Trinajstić information content (AvgIpc) is 3.58. The summed E-state index contributed by atoms with van der Waals surface area (Å²) in [5, 5.41) is 20.3. The molecule has 0 amide bonds. The van der Waals surface area contributed by atoms with Crippen LogP contribution in [0.1, 0.15) is 0 Å². The summed E-state index contributed by atoms with van der Waals surface area (Å²) >= 11 is 5.16. The van der Waals surface area contributed by atoms with Gasteiger partial charge in [0.25, 0.3) is 5.56 Å². The zero-order valence-corrected chi connectivity index (χ0v) is 22.2. The maximum atomic E-state index is 12.1. The van der Waals surface area contributed by atoms with Crippen molar-refractivity contribution >= 4 is 41.6 Å². The van der Waals surface area contributed by atoms with Crippen molar-refractivity contribution in [2.75, 3.05) is 37.9 Å². The summed E-state index contributed by atoms with van der Waals surface area (Å²) < 4.78 is 24.8. The standard InChI is InChI=1S/C20H24N9O9PS/c21-18-24-8-29(20(33)27-18)1-9-4-36-12(14(9)31)6-37-39(34,40)38-15-10(5-35-11(15)3-30)2-28-7-23-13-16(28)25-19(22)26-17(13)32/h7-8,11-12,30-31H,1-6H2,(H,34,40)(H2,21,27,33)(H3,22,25,26,32)/t11-,12-,39?/m1/s1. The van der Waals surface area contributed by atoms with Gasteiger partial charge in [-0.1, -0.05) is 0 Å². The van der Waals surface area contributed by atoms with Gasteiger partial charge in [-0.25, -0.2) is 14.8 Å². The fourth-order valence-corrected chi connectivity index (χ4v) is 5.38. The molecule has 2 aliphatic rings. The van der Waals surface area contributed by atoms with Gasteiger partial charge in [0.15, 0.2) is 11.2 Å². The molecule has 3 aromatic rings. The van der Waals surface area contributed by atoms with E-state index in [1.54, 1.807) is 0 Å². The van der Waals surface area contributed by atoms with E-state index >= 15 is 0 Å². The van der Waals surface area contributed by atoms with E-state index in [9.17, 15) is 24.7 Å². The number of hydrogen-bond donors (Lipinski definition) is 6. The van der Waals surface area contributed by atoms with Crippen LogP contribution < -0.4 is 22.7 Å². The molecule has 5 heterocycles. The first-order valence-corrected chi connectivity index (χ1v) is 14.2. The molecule has 0 aliphatic carbocycles. The number of imidazole rings is 1. The van der Waals surface area contributed by atoms with E-state index in [-0.39, 0.29) is 67.5 Å². The number of anilines is 2. The topological polar surface area (TPSA) is 261 Å². The molecule has 0 radical (unpaired) electrons. The molecule has 214 valence electrons. The third-order valence-electron chi connectivity index (χ3n) is 5.99. The van der Waals surface area contributed by atoms with Crippen LogP contribution in [0.2, 0.25) is 0 Å². The molecule has 2 aliphatic heterocycles. The fourth-order valence-electron chi connectivity index (χ4n) is 4.08. The monoisotopic (exact) mass is 597 g/mol. The van der Waals surface area contributed by atoms with E-state index in [1.165, 1.54) is 17.2 Å². The van der Waals surface area contributed by atoms with Crippen molar-refractivity contribution in [2.24, 2.45) is 0 Å². The van der Waals surface area contributed by atoms with Crippen LogP contribution in [0.5, 0.6) is 0 Å². The van der Waals surface area contributed by atoms with E-state index in [1.807, 2.05) is 0 Å². The Hall–Kier alpha value is -3.71. The Labute approximate surface area is 228 Å². The molecule has 0 spiro atoms. The third-order valence-corrected chi connectivity index (χ3v) is 7.44. The number of aliphatic hydroxyl groups is 2. The van der Waals surface area contributed by atoms with Crippen LogP contribution in [-0.2, 0) is 43.4 Å². The highest BCUT2D eigenvalue weighted by atomic mass is 32.5. The van der Waals surface area contributed by atoms with Gasteiger partial charge in [0, 0.05) is 23.0 Å². The molecule has 20 heteroatoms. The van der Waals surface area contributed by atoms with E-state index in [0.29, 0.717) is 11.1 Å². The Balaban J connectivity index is 1.29. The Kier molecular flexibility index (Phi) is 7.69. The minimum atomic E-state index is -4.00. The highest BCUT2D eigenvalue weighted by molar-refractivity contribution is 8.07. The Bertz CT molecular complexity index is 1680. The number of aromatic amines is 1. The Morgan fingerprint density at radius 3 is 2.55 bits per heavy atom. The molecule has 0 saturated heterocycles. The van der Waals surface area contributed by atoms with E-state index in [4.69, 9.17) is 41.8 Å². The number of nitrogens with one attached hydrogen (secondary N) is 1. The van der Waals surface area contributed by atoms with E-state index in [2.05, 4.69) is 24.9 Å². The lowest BCUT2D eigenvalue weighted by molar-refractivity contribution is 0.0371. The molecule has 5 rings (SSSR count). The number of nitrogens with zero attached hydrogens (tertiary/aromatic N) is 6. The predicted octanol–water partition coefficient (Wildman–Crippen LogP) is -1.96. The minimum Gasteiger partial charge on any atom is -0.509 e. The van der Waals surface area contributed by atoms with Crippen molar-refractivity contribution in [1.82, 2.24) is 34.1 Å². The summed E-state index contributed by atoms with van der Waals surface area (Å²) in [6.45, 7) is -4.84. The van der Waals surface area contributed by atoms with Crippen molar-refractivity contribution in [3.05, 3.63) is 56.2 Å². The highest BCUT2D eigenvalue weighted by Gasteiger charge is 2.35. The molecule has 3 atom stereocenters. The maximum absolute atomic E-state index is 12.1. The van der Waals surface area contributed by atoms with Crippen LogP contribution >= 0.6 is 6.72 Å². The highest BCUT2D eigenvalue weighted by Crippen LogP contribution is 2.49. The van der Waals surface area contributed by atoms with Gasteiger partial charge in [-0.2, -0.15) is 9.97 Å². The summed E-state index contributed by atoms with van der Waals surface area (Å²) in [6.07, 6.45) is 0.640. The summed E-state index contributed by atoms with van der Waals surface area (Å²) in [6, 6.07) is 0. The molecular weight excluding hydrogens is 573 g/mol. The van der Waals surface area contributed by atoms with Crippen LogP contribution in [0.15, 0.2) is 44.9 Å². The number of nitrogens with two attached hydrogens (primary N) is 2. The Morgan fingerprint density at radius 1 is 1.10 bits per heavy atom. The van der Waals surface area contributed by atoms with Crippen LogP contribution in [0.3, 0.4) is 0 Å². The molecule has 1 unspecified atom stereocenters. The zero-order valence-electron chi connectivity index (χ0n) is 20.5. The predicted molar refractivity (Wildman–Crippen MR) is 140 cm³/mol. The molecule has 3 aromatic heterocycles. The molecule has 0 fully saturated rings. The third kappa shape index (κ3) is 5.75. The van der Waals surface area contributed by atoms with E-state index in [0.717, 1.165) is 4.57 Å². The lowest BCUT2D eigenvalue weighted by Crippen LogP contribution is -2.25. The summed E-state index contributed by atoms with van der Waals surface area (Å²) in [5.74, 6) is -0.414. The van der Waals surface area contributed by atoms with Crippen LogP contribution in [0, 0.1) is 0 Å². The number of nitrogen functional groups attached to an aromatic ring is 2. The molecular formula is C20H24N9O9PS. The average molecular weight is 598 g/mol. The molecule has 18 nitrogen and oxygen atoms in total. The van der Waals surface area contributed by atoms with Crippen molar-refractivity contribution in [2.45, 2.75) is 25.3 Å². The second kappa shape index (κ2) is 11.0. The summed E-state index contributed by atoms with van der Waals surface area (Å²) in [5.41, 5.74) is 11.0. The fraction of sp³-hybridized carbons (Fsp3) is 0.400. The zero-order chi connectivity index (χ0) is 28.6. The van der Waals surface area contributed by atoms with Gasteiger partial charge >= 0.3 is 12.4 Å². The number of H-pyrrole nitrogens is 1. The van der Waals surface area contributed by atoms with Crippen molar-refractivity contribution in [3.63, 3.8) is 0 Å². The van der Waals surface area contributed by atoms with Gasteiger partial charge in [0.05, 0.1) is 45.8 Å². The minimum absolute atomic E-state index is 0.0150. The smallest absolute Gasteiger partial charge is 0.377 e. The molecule has 0 aromatic carbocycles. The SMILES string of the molecule is Nc1ncn(CC2=C(O)[C@@H](COP(O)(=S)OC3=C(Cn4cnc5c(=O)[nH]c(N)nc54)CO[C@@H]3CO)OC2)c(=O)n1. The van der Waals surface area contributed by atoms with Crippen molar-refractivity contribution in [3.8, 4) is 0 Å². The normalized spacial score (nSPS) is 20.9. The first-order chi connectivity index (χ1) is 19.0.